The summed E-state index contributed by atoms with van der Waals surface area (Å²) in [4.78, 5) is 101. The zero-order valence-corrected chi connectivity index (χ0v) is 37.1. The lowest BCUT2D eigenvalue weighted by Crippen LogP contribution is -2.63. The lowest BCUT2D eigenvalue weighted by Gasteiger charge is -2.42. The molecule has 20 heteroatoms. The van der Waals surface area contributed by atoms with Gasteiger partial charge in [-0.1, -0.05) is 42.9 Å². The minimum absolute atomic E-state index is 0.0980. The molecule has 0 aromatic heterocycles. The molecular weight excluding hydrogens is 825 g/mol. The molecule has 346 valence electrons. The Balaban J connectivity index is 1.30. The van der Waals surface area contributed by atoms with Crippen molar-refractivity contribution in [2.75, 3.05) is 54.5 Å². The number of aryl methyl sites for hydroxylation is 1. The highest BCUT2D eigenvalue weighted by Gasteiger charge is 2.64. The number of hydrogen-bond donors (Lipinski definition) is 5. The van der Waals surface area contributed by atoms with Gasteiger partial charge in [0, 0.05) is 59.4 Å². The average Bonchev–Trinajstić information content (AvgIpc) is 3.83. The number of alkyl carbamates (subject to hydrolysis) is 1. The number of rotatable bonds is 22. The Morgan fingerprint density at radius 3 is 2.40 bits per heavy atom. The minimum Gasteiger partial charge on any atom is -0.496 e. The van der Waals surface area contributed by atoms with Gasteiger partial charge in [-0.15, -0.1) is 0 Å². The zero-order chi connectivity index (χ0) is 46.6. The Labute approximate surface area is 366 Å². The molecule has 7 amide bonds. The molecule has 0 bridgehead atoms. The number of nitrogens with zero attached hydrogens (tertiary/aromatic N) is 2. The van der Waals surface area contributed by atoms with Crippen molar-refractivity contribution in [1.82, 2.24) is 31.1 Å². The van der Waals surface area contributed by atoms with Gasteiger partial charge in [-0.3, -0.25) is 43.8 Å². The van der Waals surface area contributed by atoms with Crippen LogP contribution in [0.1, 0.15) is 64.0 Å². The van der Waals surface area contributed by atoms with Crippen LogP contribution in [0.2, 0.25) is 0 Å². The SMILES string of the molecule is CNC(=O)CC(OC(=O)CN(C)C(=O)CNC(=O)CNC(=O)CCN1C(=O)CCC1=O)C1(C)OC1C(C)C1CC(O)(C(/C=C/C=C(\C)Cc2ccc(C)c(OC)c2)OC)NC(=O)O1. The molecule has 7 unspecified atom stereocenters. The summed E-state index contributed by atoms with van der Waals surface area (Å²) < 4.78 is 28.5. The number of likely N-dealkylation sites (tertiary alicyclic amines) is 1. The molecular formula is C43H60N6O14. The first kappa shape index (κ1) is 49.8. The van der Waals surface area contributed by atoms with E-state index in [0.717, 1.165) is 32.2 Å². The van der Waals surface area contributed by atoms with Gasteiger partial charge < -0.3 is 49.6 Å². The Bertz CT molecular complexity index is 1960. The van der Waals surface area contributed by atoms with E-state index in [4.69, 9.17) is 23.7 Å². The first-order chi connectivity index (χ1) is 29.7. The van der Waals surface area contributed by atoms with Crippen molar-refractivity contribution < 1.29 is 67.1 Å². The molecule has 5 N–H and O–H groups in total. The summed E-state index contributed by atoms with van der Waals surface area (Å²) in [6.07, 6.45) is 0.890. The van der Waals surface area contributed by atoms with Crippen LogP contribution in [0.3, 0.4) is 0 Å². The van der Waals surface area contributed by atoms with E-state index in [1.807, 2.05) is 38.1 Å². The number of esters is 1. The van der Waals surface area contributed by atoms with E-state index in [1.54, 1.807) is 33.1 Å². The molecule has 1 aromatic carbocycles. The molecule has 3 heterocycles. The van der Waals surface area contributed by atoms with Gasteiger partial charge in [-0.2, -0.15) is 0 Å². The number of ether oxygens (including phenoxy) is 5. The van der Waals surface area contributed by atoms with Crippen molar-refractivity contribution in [1.29, 1.82) is 0 Å². The van der Waals surface area contributed by atoms with Gasteiger partial charge in [-0.25, -0.2) is 4.79 Å². The summed E-state index contributed by atoms with van der Waals surface area (Å²) in [6.45, 7) is 5.68. The molecule has 0 saturated carbocycles. The summed E-state index contributed by atoms with van der Waals surface area (Å²) in [5, 5.41) is 21.4. The van der Waals surface area contributed by atoms with Crippen molar-refractivity contribution in [3.63, 3.8) is 0 Å². The number of carbonyl (C=O) groups is 8. The van der Waals surface area contributed by atoms with E-state index in [-0.39, 0.29) is 50.5 Å². The number of epoxide rings is 1. The second kappa shape index (κ2) is 22.0. The second-order valence-corrected chi connectivity index (χ2v) is 16.2. The number of imide groups is 1. The molecule has 3 aliphatic heterocycles. The lowest BCUT2D eigenvalue weighted by molar-refractivity contribution is -0.157. The van der Waals surface area contributed by atoms with E-state index in [1.165, 1.54) is 21.2 Å². The largest absolute Gasteiger partial charge is 0.496 e. The highest BCUT2D eigenvalue weighted by atomic mass is 16.7. The van der Waals surface area contributed by atoms with E-state index in [2.05, 4.69) is 21.3 Å². The van der Waals surface area contributed by atoms with E-state index >= 15 is 0 Å². The number of methoxy groups -OCH3 is 2. The fraction of sp³-hybridized carbons (Fsp3) is 0.581. The molecule has 3 fully saturated rings. The van der Waals surface area contributed by atoms with Gasteiger partial charge in [0.05, 0.1) is 32.7 Å². The molecule has 7 atom stereocenters. The first-order valence-corrected chi connectivity index (χ1v) is 20.6. The summed E-state index contributed by atoms with van der Waals surface area (Å²) in [7, 11) is 5.75. The molecule has 3 aliphatic rings. The van der Waals surface area contributed by atoms with Crippen LogP contribution in [0.4, 0.5) is 4.79 Å². The van der Waals surface area contributed by atoms with Crippen molar-refractivity contribution in [3.05, 3.63) is 53.1 Å². The van der Waals surface area contributed by atoms with E-state index < -0.39 is 97.0 Å². The minimum atomic E-state index is -1.88. The molecule has 0 aliphatic carbocycles. The molecule has 4 rings (SSSR count). The third-order valence-electron chi connectivity index (χ3n) is 11.3. The summed E-state index contributed by atoms with van der Waals surface area (Å²) in [5.74, 6) is -3.78. The van der Waals surface area contributed by atoms with Gasteiger partial charge in [0.1, 0.15) is 36.2 Å². The Kier molecular flexibility index (Phi) is 17.4. The smallest absolute Gasteiger partial charge is 0.409 e. The highest BCUT2D eigenvalue weighted by molar-refractivity contribution is 6.02. The van der Waals surface area contributed by atoms with Crippen LogP contribution in [0.15, 0.2) is 42.0 Å². The molecule has 3 saturated heterocycles. The number of likely N-dealkylation sites (N-methyl/N-ethyl adjacent to an activating group) is 1. The molecule has 20 nitrogen and oxygen atoms in total. The third-order valence-corrected chi connectivity index (χ3v) is 11.3. The first-order valence-electron chi connectivity index (χ1n) is 20.6. The van der Waals surface area contributed by atoms with Crippen LogP contribution in [-0.2, 0) is 58.9 Å². The number of allylic oxidation sites excluding steroid dienone is 3. The van der Waals surface area contributed by atoms with Gasteiger partial charge >= 0.3 is 12.1 Å². The second-order valence-electron chi connectivity index (χ2n) is 16.2. The van der Waals surface area contributed by atoms with Crippen LogP contribution in [0, 0.1) is 12.8 Å². The Morgan fingerprint density at radius 2 is 1.75 bits per heavy atom. The van der Waals surface area contributed by atoms with Crippen molar-refractivity contribution in [3.8, 4) is 5.75 Å². The van der Waals surface area contributed by atoms with Crippen LogP contribution in [0.25, 0.3) is 0 Å². The van der Waals surface area contributed by atoms with Crippen molar-refractivity contribution in [2.45, 2.75) is 102 Å². The summed E-state index contributed by atoms with van der Waals surface area (Å²) >= 11 is 0. The quantitative estimate of drug-likeness (QED) is 0.0455. The Morgan fingerprint density at radius 1 is 1.06 bits per heavy atom. The number of carbonyl (C=O) groups excluding carboxylic acids is 8. The van der Waals surface area contributed by atoms with Gasteiger partial charge in [0.2, 0.25) is 35.4 Å². The molecule has 0 spiro atoms. The number of aliphatic hydroxyl groups is 1. The van der Waals surface area contributed by atoms with Gasteiger partial charge in [0.25, 0.3) is 0 Å². The predicted octanol–water partition coefficient (Wildman–Crippen LogP) is 0.322. The topological polar surface area (TPSA) is 261 Å². The summed E-state index contributed by atoms with van der Waals surface area (Å²) in [6, 6.07) is 6.00. The maximum Gasteiger partial charge on any atom is 0.409 e. The average molecular weight is 885 g/mol. The number of amides is 7. The van der Waals surface area contributed by atoms with Crippen LogP contribution in [-0.4, -0.2) is 153 Å². The van der Waals surface area contributed by atoms with Crippen LogP contribution in [0.5, 0.6) is 5.75 Å². The number of benzene rings is 1. The maximum absolute atomic E-state index is 13.2. The zero-order valence-electron chi connectivity index (χ0n) is 37.1. The lowest BCUT2D eigenvalue weighted by atomic mass is 9.83. The molecule has 0 radical (unpaired) electrons. The number of nitrogens with one attached hydrogen (secondary N) is 4. The van der Waals surface area contributed by atoms with Crippen LogP contribution >= 0.6 is 0 Å². The fourth-order valence-electron chi connectivity index (χ4n) is 7.49. The normalized spacial score (nSPS) is 23.5. The molecule has 1 aromatic rings. The monoisotopic (exact) mass is 884 g/mol. The standard InChI is InChI=1S/C43H60N6O14/c1-25(18-28-13-12-26(2)29(19-28)59-7)10-9-11-31(60-8)43(58)21-30(61-41(57)47-43)27(3)40-42(4,63-40)32(20-34(51)44-5)62-39(56)24-48(6)38(55)23-46-35(52)22-45-33(50)16-17-49-36(53)14-15-37(49)54/h9-13,19,27,30-32,40,58H,14-18,20-24H2,1-8H3,(H,44,51)(H,45,50)(H,46,52)(H,47,57)/b11-9+,25-10+. The summed E-state index contributed by atoms with van der Waals surface area (Å²) in [5.41, 5.74) is -0.00362. The van der Waals surface area contributed by atoms with Crippen LogP contribution < -0.4 is 26.0 Å². The van der Waals surface area contributed by atoms with Crippen molar-refractivity contribution >= 4 is 47.5 Å². The number of cyclic esters (lactones) is 1. The Hall–Kier alpha value is -5.86. The molecule has 63 heavy (non-hydrogen) atoms. The highest BCUT2D eigenvalue weighted by Crippen LogP contribution is 2.48. The van der Waals surface area contributed by atoms with Gasteiger partial charge in [0.15, 0.2) is 5.72 Å². The van der Waals surface area contributed by atoms with E-state index in [9.17, 15) is 43.5 Å². The van der Waals surface area contributed by atoms with Crippen molar-refractivity contribution in [2.24, 2.45) is 5.92 Å². The predicted molar refractivity (Wildman–Crippen MR) is 223 cm³/mol. The third kappa shape index (κ3) is 13.6. The maximum atomic E-state index is 13.2. The van der Waals surface area contributed by atoms with E-state index in [0.29, 0.717) is 6.42 Å². The number of hydrogen-bond acceptors (Lipinski definition) is 14. The van der Waals surface area contributed by atoms with Gasteiger partial charge in [-0.05, 0) is 44.4 Å². The fourth-order valence-corrected chi connectivity index (χ4v) is 7.49.